The van der Waals surface area contributed by atoms with Gasteiger partial charge in [0, 0.05) is 17.0 Å². The minimum absolute atomic E-state index is 0.0144. The van der Waals surface area contributed by atoms with Gasteiger partial charge in [0.15, 0.2) is 5.16 Å². The third kappa shape index (κ3) is 4.58. The zero-order chi connectivity index (χ0) is 21.2. The first-order valence-corrected chi connectivity index (χ1v) is 13.1. The predicted molar refractivity (Wildman–Crippen MR) is 128 cm³/mol. The summed E-state index contributed by atoms with van der Waals surface area (Å²) in [5, 5.41) is 6.30. The first kappa shape index (κ1) is 20.8. The molecule has 5 nitrogen and oxygen atoms in total. The molecule has 0 radical (unpaired) electrons. The second-order valence-corrected chi connectivity index (χ2v) is 10.4. The third-order valence-electron chi connectivity index (χ3n) is 6.39. The number of rotatable bonds is 5. The summed E-state index contributed by atoms with van der Waals surface area (Å²) in [7, 11) is 0. The highest BCUT2D eigenvalue weighted by atomic mass is 32.2. The fourth-order valence-corrected chi connectivity index (χ4v) is 6.44. The van der Waals surface area contributed by atoms with Gasteiger partial charge in [-0.15, -0.1) is 11.3 Å². The lowest BCUT2D eigenvalue weighted by atomic mass is 9.89. The number of thiophene rings is 1. The van der Waals surface area contributed by atoms with Crippen LogP contribution < -0.4 is 10.9 Å². The molecular weight excluding hydrogens is 426 g/mol. The van der Waals surface area contributed by atoms with Gasteiger partial charge in [0.1, 0.15) is 4.83 Å². The van der Waals surface area contributed by atoms with Crippen LogP contribution in [-0.4, -0.2) is 27.7 Å². The first-order valence-electron chi connectivity index (χ1n) is 11.2. The minimum atomic E-state index is -0.130. The quantitative estimate of drug-likeness (QED) is 0.418. The van der Waals surface area contributed by atoms with E-state index in [0.717, 1.165) is 41.6 Å². The fourth-order valence-electron chi connectivity index (χ4n) is 4.76. The van der Waals surface area contributed by atoms with Crippen LogP contribution in [0.5, 0.6) is 0 Å². The van der Waals surface area contributed by atoms with E-state index in [2.05, 4.69) is 33.5 Å². The van der Waals surface area contributed by atoms with E-state index in [1.165, 1.54) is 66.3 Å². The van der Waals surface area contributed by atoms with E-state index in [1.807, 2.05) is 5.38 Å². The molecule has 2 aliphatic rings. The number of aromatic nitrogens is 2. The molecular formula is C24H27N3O2S2. The molecule has 31 heavy (non-hydrogen) atoms. The van der Waals surface area contributed by atoms with Crippen molar-refractivity contribution in [2.75, 3.05) is 5.75 Å². The van der Waals surface area contributed by atoms with Gasteiger partial charge < -0.3 is 10.3 Å². The molecule has 1 saturated carbocycles. The Kier molecular flexibility index (Phi) is 6.14. The molecule has 1 fully saturated rings. The van der Waals surface area contributed by atoms with Gasteiger partial charge in [-0.2, -0.15) is 0 Å². The maximum absolute atomic E-state index is 12.9. The standard InChI is InChI=1S/C24H27N3O2S2/c28-20(25-18-8-2-1-3-9-18)14-31-24-26-22(29)21-19(13-30-23(21)27-24)17-11-10-15-6-4-5-7-16(15)12-17/h10-13,18H,1-9,14H2,(H,25,28)(H,26,27,29). The summed E-state index contributed by atoms with van der Waals surface area (Å²) in [6.45, 7) is 0. The SMILES string of the molecule is O=C(CSc1nc2scc(-c3ccc4c(c3)CCCC4)c2c(=O)[nH]1)NC1CCCCC1. The summed E-state index contributed by atoms with van der Waals surface area (Å²) in [4.78, 5) is 33.4. The molecule has 2 aliphatic carbocycles. The van der Waals surface area contributed by atoms with E-state index >= 15 is 0 Å². The summed E-state index contributed by atoms with van der Waals surface area (Å²) in [5.41, 5.74) is 4.75. The molecule has 2 N–H and O–H groups in total. The van der Waals surface area contributed by atoms with Crippen molar-refractivity contribution in [1.82, 2.24) is 15.3 Å². The van der Waals surface area contributed by atoms with Crippen molar-refractivity contribution >= 4 is 39.2 Å². The second-order valence-electron chi connectivity index (χ2n) is 8.58. The van der Waals surface area contributed by atoms with E-state index in [0.29, 0.717) is 16.6 Å². The molecule has 5 rings (SSSR count). The Labute approximate surface area is 190 Å². The predicted octanol–water partition coefficient (Wildman–Crippen LogP) is 5.07. The van der Waals surface area contributed by atoms with Crippen molar-refractivity contribution < 1.29 is 4.79 Å². The van der Waals surface area contributed by atoms with Crippen LogP contribution in [0.1, 0.15) is 56.1 Å². The maximum Gasteiger partial charge on any atom is 0.260 e. The van der Waals surface area contributed by atoms with Crippen LogP contribution in [0.2, 0.25) is 0 Å². The lowest BCUT2D eigenvalue weighted by Gasteiger charge is -2.22. The number of hydrogen-bond acceptors (Lipinski definition) is 5. The monoisotopic (exact) mass is 453 g/mol. The van der Waals surface area contributed by atoms with Gasteiger partial charge in [0.2, 0.25) is 5.91 Å². The molecule has 162 valence electrons. The highest BCUT2D eigenvalue weighted by Gasteiger charge is 2.18. The van der Waals surface area contributed by atoms with Crippen LogP contribution in [-0.2, 0) is 17.6 Å². The average molecular weight is 454 g/mol. The van der Waals surface area contributed by atoms with Crippen LogP contribution in [0.4, 0.5) is 0 Å². The third-order valence-corrected chi connectivity index (χ3v) is 8.14. The van der Waals surface area contributed by atoms with E-state index in [9.17, 15) is 9.59 Å². The molecule has 0 unspecified atom stereocenters. The van der Waals surface area contributed by atoms with Gasteiger partial charge >= 0.3 is 0 Å². The number of amides is 1. The van der Waals surface area contributed by atoms with Crippen molar-refractivity contribution in [2.24, 2.45) is 0 Å². The van der Waals surface area contributed by atoms with Crippen LogP contribution in [0.25, 0.3) is 21.3 Å². The zero-order valence-electron chi connectivity index (χ0n) is 17.5. The van der Waals surface area contributed by atoms with E-state index < -0.39 is 0 Å². The number of hydrogen-bond donors (Lipinski definition) is 2. The number of aromatic amines is 1. The number of benzene rings is 1. The van der Waals surface area contributed by atoms with Gasteiger partial charge in [0.25, 0.3) is 5.56 Å². The number of carbonyl (C=O) groups is 1. The van der Waals surface area contributed by atoms with Crippen molar-refractivity contribution in [2.45, 2.75) is 69.0 Å². The number of H-pyrrole nitrogens is 1. The molecule has 0 saturated heterocycles. The molecule has 7 heteroatoms. The van der Waals surface area contributed by atoms with E-state index in [-0.39, 0.29) is 17.2 Å². The van der Waals surface area contributed by atoms with E-state index in [4.69, 9.17) is 0 Å². The highest BCUT2D eigenvalue weighted by Crippen LogP contribution is 2.34. The van der Waals surface area contributed by atoms with Crippen molar-refractivity contribution in [3.8, 4) is 11.1 Å². The van der Waals surface area contributed by atoms with E-state index in [1.54, 1.807) is 0 Å². The fraction of sp³-hybridized carbons (Fsp3) is 0.458. The van der Waals surface area contributed by atoms with Crippen LogP contribution in [0, 0.1) is 0 Å². The average Bonchev–Trinajstić information content (AvgIpc) is 3.23. The second kappa shape index (κ2) is 9.17. The summed E-state index contributed by atoms with van der Waals surface area (Å²) in [6, 6.07) is 6.88. The Morgan fingerprint density at radius 2 is 1.94 bits per heavy atom. The van der Waals surface area contributed by atoms with Crippen LogP contribution >= 0.6 is 23.1 Å². The largest absolute Gasteiger partial charge is 0.353 e. The van der Waals surface area contributed by atoms with Crippen molar-refractivity contribution in [1.29, 1.82) is 0 Å². The highest BCUT2D eigenvalue weighted by molar-refractivity contribution is 7.99. The maximum atomic E-state index is 12.9. The normalized spacial score (nSPS) is 16.9. The molecule has 1 amide bonds. The first-order chi connectivity index (χ1) is 15.2. The summed E-state index contributed by atoms with van der Waals surface area (Å²) >= 11 is 2.79. The lowest BCUT2D eigenvalue weighted by molar-refractivity contribution is -0.119. The van der Waals surface area contributed by atoms with Gasteiger partial charge in [-0.25, -0.2) is 4.98 Å². The molecule has 0 bridgehead atoms. The molecule has 0 atom stereocenters. The topological polar surface area (TPSA) is 74.8 Å². The Bertz CT molecular complexity index is 1160. The molecule has 0 aliphatic heterocycles. The number of fused-ring (bicyclic) bond motifs is 2. The lowest BCUT2D eigenvalue weighted by Crippen LogP contribution is -2.37. The molecule has 3 aromatic rings. The number of carbonyl (C=O) groups excluding carboxylic acids is 1. The van der Waals surface area contributed by atoms with Crippen molar-refractivity contribution in [3.05, 3.63) is 45.1 Å². The Balaban J connectivity index is 1.33. The number of thioether (sulfide) groups is 1. The van der Waals surface area contributed by atoms with Crippen molar-refractivity contribution in [3.63, 3.8) is 0 Å². The van der Waals surface area contributed by atoms with Gasteiger partial charge in [-0.3, -0.25) is 9.59 Å². The van der Waals surface area contributed by atoms with Gasteiger partial charge in [-0.1, -0.05) is 49.2 Å². The number of aryl methyl sites for hydroxylation is 2. The summed E-state index contributed by atoms with van der Waals surface area (Å²) in [5.74, 6) is 0.286. The van der Waals surface area contributed by atoms with Gasteiger partial charge in [-0.05, 0) is 55.2 Å². The number of nitrogens with one attached hydrogen (secondary N) is 2. The minimum Gasteiger partial charge on any atom is -0.353 e. The van der Waals surface area contributed by atoms with Crippen LogP contribution in [0.15, 0.2) is 33.5 Å². The molecule has 2 aromatic heterocycles. The Morgan fingerprint density at radius 1 is 1.13 bits per heavy atom. The zero-order valence-corrected chi connectivity index (χ0v) is 19.2. The smallest absolute Gasteiger partial charge is 0.260 e. The molecule has 2 heterocycles. The Morgan fingerprint density at radius 3 is 2.77 bits per heavy atom. The molecule has 1 aromatic carbocycles. The van der Waals surface area contributed by atoms with Crippen LogP contribution in [0.3, 0.4) is 0 Å². The molecule has 0 spiro atoms. The van der Waals surface area contributed by atoms with Gasteiger partial charge in [0.05, 0.1) is 11.1 Å². The summed E-state index contributed by atoms with van der Waals surface area (Å²) < 4.78 is 0. The Hall–Kier alpha value is -2.12. The number of nitrogens with zero attached hydrogens (tertiary/aromatic N) is 1. The summed E-state index contributed by atoms with van der Waals surface area (Å²) in [6.07, 6.45) is 10.5.